The minimum Gasteiger partial charge on any atom is -0.312 e. The van der Waals surface area contributed by atoms with Crippen LogP contribution < -0.4 is 0 Å². The SMILES string of the molecule is CC.COP(=O)(CCN1CC=C(C)CC1)OC. The van der Waals surface area contributed by atoms with Crippen LogP contribution in [0.3, 0.4) is 0 Å². The summed E-state index contributed by atoms with van der Waals surface area (Å²) in [7, 11) is 0.0447. The van der Waals surface area contributed by atoms with Gasteiger partial charge in [-0.1, -0.05) is 25.5 Å². The van der Waals surface area contributed by atoms with Gasteiger partial charge in [0.1, 0.15) is 0 Å². The Balaban J connectivity index is 0.00000121. The topological polar surface area (TPSA) is 38.8 Å². The summed E-state index contributed by atoms with van der Waals surface area (Å²) in [6, 6.07) is 0. The maximum atomic E-state index is 11.8. The molecule has 1 rings (SSSR count). The van der Waals surface area contributed by atoms with Crippen molar-refractivity contribution in [2.45, 2.75) is 27.2 Å². The largest absolute Gasteiger partial charge is 0.331 e. The third kappa shape index (κ3) is 6.37. The quantitative estimate of drug-likeness (QED) is 0.564. The van der Waals surface area contributed by atoms with E-state index in [9.17, 15) is 4.57 Å². The van der Waals surface area contributed by atoms with Crippen molar-refractivity contribution in [3.8, 4) is 0 Å². The molecule has 5 heteroatoms. The highest BCUT2D eigenvalue weighted by molar-refractivity contribution is 7.53. The molecule has 0 aromatic rings. The Hall–Kier alpha value is -0.150. The van der Waals surface area contributed by atoms with Crippen LogP contribution >= 0.6 is 7.60 Å². The van der Waals surface area contributed by atoms with Gasteiger partial charge in [0.2, 0.25) is 0 Å². The predicted molar refractivity (Wildman–Crippen MR) is 72.7 cm³/mol. The molecule has 0 spiro atoms. The first-order chi connectivity index (χ1) is 8.09. The van der Waals surface area contributed by atoms with Gasteiger partial charge in [-0.3, -0.25) is 9.46 Å². The highest BCUT2D eigenvalue weighted by Crippen LogP contribution is 2.45. The zero-order valence-electron chi connectivity index (χ0n) is 11.7. The molecule has 0 atom stereocenters. The van der Waals surface area contributed by atoms with E-state index in [1.807, 2.05) is 13.8 Å². The Bertz CT molecular complexity index is 271. The molecule has 0 radical (unpaired) electrons. The van der Waals surface area contributed by atoms with Crippen LogP contribution in [0.15, 0.2) is 11.6 Å². The molecule has 102 valence electrons. The van der Waals surface area contributed by atoms with Crippen LogP contribution in [0.2, 0.25) is 0 Å². The summed E-state index contributed by atoms with van der Waals surface area (Å²) in [5.41, 5.74) is 1.44. The lowest BCUT2D eigenvalue weighted by molar-refractivity contribution is 0.259. The van der Waals surface area contributed by atoms with Crippen molar-refractivity contribution >= 4 is 7.60 Å². The first kappa shape index (κ1) is 16.9. The first-order valence-electron chi connectivity index (χ1n) is 6.18. The molecule has 4 nitrogen and oxygen atoms in total. The van der Waals surface area contributed by atoms with E-state index in [0.29, 0.717) is 6.16 Å². The molecule has 1 aliphatic heterocycles. The second-order valence-corrected chi connectivity index (χ2v) is 6.20. The maximum absolute atomic E-state index is 11.8. The van der Waals surface area contributed by atoms with E-state index in [4.69, 9.17) is 9.05 Å². The zero-order valence-corrected chi connectivity index (χ0v) is 12.6. The van der Waals surface area contributed by atoms with E-state index in [2.05, 4.69) is 17.9 Å². The first-order valence-corrected chi connectivity index (χ1v) is 7.91. The molecule has 0 saturated heterocycles. The van der Waals surface area contributed by atoms with Crippen molar-refractivity contribution in [1.29, 1.82) is 0 Å². The lowest BCUT2D eigenvalue weighted by Crippen LogP contribution is -2.31. The van der Waals surface area contributed by atoms with Gasteiger partial charge >= 0.3 is 7.60 Å². The molecule has 0 aliphatic carbocycles. The average Bonchev–Trinajstić information content (AvgIpc) is 2.40. The summed E-state index contributed by atoms with van der Waals surface area (Å²) in [6.07, 6.45) is 3.78. The van der Waals surface area contributed by atoms with Crippen LogP contribution in [0.4, 0.5) is 0 Å². The number of nitrogens with zero attached hydrogens (tertiary/aromatic N) is 1. The smallest absolute Gasteiger partial charge is 0.312 e. The van der Waals surface area contributed by atoms with Crippen molar-refractivity contribution in [1.82, 2.24) is 4.90 Å². The molecule has 0 aromatic heterocycles. The predicted octanol–water partition coefficient (Wildman–Crippen LogP) is 3.15. The fourth-order valence-electron chi connectivity index (χ4n) is 1.54. The average molecular weight is 263 g/mol. The Morgan fingerprint density at radius 1 is 1.35 bits per heavy atom. The van der Waals surface area contributed by atoms with Crippen LogP contribution in [0.25, 0.3) is 0 Å². The monoisotopic (exact) mass is 263 g/mol. The molecule has 17 heavy (non-hydrogen) atoms. The molecular weight excluding hydrogens is 237 g/mol. The number of hydrogen-bond donors (Lipinski definition) is 0. The molecule has 1 heterocycles. The maximum Gasteiger partial charge on any atom is 0.331 e. The lowest BCUT2D eigenvalue weighted by atomic mass is 10.1. The van der Waals surface area contributed by atoms with Crippen LogP contribution in [-0.4, -0.2) is 44.9 Å². The van der Waals surface area contributed by atoms with Crippen LogP contribution in [0.1, 0.15) is 27.2 Å². The zero-order chi connectivity index (χ0) is 13.3. The fourth-order valence-corrected chi connectivity index (χ4v) is 2.58. The van der Waals surface area contributed by atoms with Crippen LogP contribution in [0.5, 0.6) is 0 Å². The summed E-state index contributed by atoms with van der Waals surface area (Å²) < 4.78 is 21.6. The third-order valence-electron chi connectivity index (χ3n) is 2.77. The Kier molecular flexibility index (Phi) is 8.79. The van der Waals surface area contributed by atoms with E-state index < -0.39 is 7.60 Å². The van der Waals surface area contributed by atoms with Gasteiger partial charge in [-0.05, 0) is 13.3 Å². The van der Waals surface area contributed by atoms with Gasteiger partial charge in [0, 0.05) is 33.9 Å². The summed E-state index contributed by atoms with van der Waals surface area (Å²) in [5, 5.41) is 0. The highest BCUT2D eigenvalue weighted by Gasteiger charge is 2.22. The van der Waals surface area contributed by atoms with E-state index in [1.54, 1.807) is 0 Å². The molecule has 0 saturated carbocycles. The van der Waals surface area contributed by atoms with Crippen molar-refractivity contribution in [3.63, 3.8) is 0 Å². The van der Waals surface area contributed by atoms with Crippen molar-refractivity contribution in [2.75, 3.05) is 40.0 Å². The molecule has 0 bridgehead atoms. The van der Waals surface area contributed by atoms with Crippen molar-refractivity contribution in [2.24, 2.45) is 0 Å². The Morgan fingerprint density at radius 2 is 1.94 bits per heavy atom. The highest BCUT2D eigenvalue weighted by atomic mass is 31.2. The van der Waals surface area contributed by atoms with E-state index in [0.717, 1.165) is 26.1 Å². The van der Waals surface area contributed by atoms with Crippen LogP contribution in [-0.2, 0) is 13.6 Å². The van der Waals surface area contributed by atoms with Gasteiger partial charge in [0.15, 0.2) is 0 Å². The van der Waals surface area contributed by atoms with Crippen molar-refractivity contribution < 1.29 is 13.6 Å². The van der Waals surface area contributed by atoms with Crippen molar-refractivity contribution in [3.05, 3.63) is 11.6 Å². The lowest BCUT2D eigenvalue weighted by Gasteiger charge is -2.26. The summed E-state index contributed by atoms with van der Waals surface area (Å²) in [6.45, 7) is 8.89. The van der Waals surface area contributed by atoms with Gasteiger partial charge in [-0.2, -0.15) is 0 Å². The molecule has 0 amide bonds. The van der Waals surface area contributed by atoms with Crippen LogP contribution in [0, 0.1) is 0 Å². The van der Waals surface area contributed by atoms with E-state index >= 15 is 0 Å². The fraction of sp³-hybridized carbons (Fsp3) is 0.833. The van der Waals surface area contributed by atoms with Gasteiger partial charge < -0.3 is 9.05 Å². The van der Waals surface area contributed by atoms with E-state index in [-0.39, 0.29) is 0 Å². The second kappa shape index (κ2) is 8.87. The standard InChI is InChI=1S/C10H20NO3P.C2H6/c1-10-4-6-11(7-5-10)8-9-15(12,13-2)14-3;1-2/h4H,5-9H2,1-3H3;1-2H3. The van der Waals surface area contributed by atoms with Gasteiger partial charge in [0.05, 0.1) is 6.16 Å². The molecule has 1 aliphatic rings. The molecule has 0 N–H and O–H groups in total. The Labute approximate surface area is 106 Å². The molecule has 0 unspecified atom stereocenters. The summed E-state index contributed by atoms with van der Waals surface area (Å²) >= 11 is 0. The normalized spacial score (nSPS) is 17.1. The summed E-state index contributed by atoms with van der Waals surface area (Å²) in [5.74, 6) is 0. The minimum absolute atomic E-state index is 0.465. The van der Waals surface area contributed by atoms with E-state index in [1.165, 1.54) is 19.8 Å². The third-order valence-corrected chi connectivity index (χ3v) is 4.63. The van der Waals surface area contributed by atoms with Gasteiger partial charge in [-0.25, -0.2) is 0 Å². The minimum atomic E-state index is -2.83. The molecular formula is C12H26NO3P. The second-order valence-electron chi connectivity index (χ2n) is 3.80. The molecule has 0 fully saturated rings. The number of rotatable bonds is 5. The van der Waals surface area contributed by atoms with Gasteiger partial charge in [-0.15, -0.1) is 0 Å². The summed E-state index contributed by atoms with van der Waals surface area (Å²) in [4.78, 5) is 2.26. The Morgan fingerprint density at radius 3 is 2.35 bits per heavy atom. The molecule has 0 aromatic carbocycles. The van der Waals surface area contributed by atoms with Gasteiger partial charge in [0.25, 0.3) is 0 Å². The number of hydrogen-bond acceptors (Lipinski definition) is 4.